The van der Waals surface area contributed by atoms with Gasteiger partial charge in [-0.3, -0.25) is 4.79 Å². The summed E-state index contributed by atoms with van der Waals surface area (Å²) in [6, 6.07) is 9.33. The fraction of sp³-hybridized carbons (Fsp3) is 0.536. The van der Waals surface area contributed by atoms with E-state index < -0.39 is 11.7 Å². The fourth-order valence-corrected chi connectivity index (χ4v) is 4.83. The van der Waals surface area contributed by atoms with Crippen LogP contribution >= 0.6 is 0 Å². The van der Waals surface area contributed by atoms with Gasteiger partial charge in [0.25, 0.3) is 0 Å². The van der Waals surface area contributed by atoms with Crippen molar-refractivity contribution >= 4 is 11.9 Å². The fourth-order valence-electron chi connectivity index (χ4n) is 4.83. The molecule has 182 valence electrons. The molecule has 5 nitrogen and oxygen atoms in total. The van der Waals surface area contributed by atoms with Gasteiger partial charge in [0.05, 0.1) is 12.2 Å². The molecule has 2 fully saturated rings. The van der Waals surface area contributed by atoms with Crippen molar-refractivity contribution in [3.8, 4) is 0 Å². The number of rotatable bonds is 6. The molecule has 1 heterocycles. The smallest absolute Gasteiger partial charge is 0.407 e. The standard InChI is InChI=1S/C28H35FN2O3/c1-17-5-13-22(24(29)15-17)18-8-10-20(11-9-18)26(32)25-23(19-6-7-19)14-12-21(31-25)16-30-27(33)34-28(2,3)4/h5,12-15,18-20H,6-11,16H2,1-4H3,(H,30,33). The van der Waals surface area contributed by atoms with Gasteiger partial charge < -0.3 is 10.1 Å². The molecule has 34 heavy (non-hydrogen) atoms. The van der Waals surface area contributed by atoms with Gasteiger partial charge in [-0.05, 0) is 107 Å². The summed E-state index contributed by atoms with van der Waals surface area (Å²) in [5.41, 5.74) is 3.34. The number of amides is 1. The van der Waals surface area contributed by atoms with Gasteiger partial charge in [0.15, 0.2) is 5.78 Å². The number of ketones is 1. The number of aryl methyl sites for hydroxylation is 1. The maximum atomic E-state index is 14.5. The zero-order valence-corrected chi connectivity index (χ0v) is 20.6. The first-order valence-electron chi connectivity index (χ1n) is 12.4. The molecule has 0 bridgehead atoms. The number of aromatic nitrogens is 1. The van der Waals surface area contributed by atoms with Crippen LogP contribution in [0.2, 0.25) is 0 Å². The van der Waals surface area contributed by atoms with Gasteiger partial charge in [-0.2, -0.15) is 0 Å². The molecule has 0 unspecified atom stereocenters. The molecule has 0 atom stereocenters. The van der Waals surface area contributed by atoms with E-state index >= 15 is 0 Å². The lowest BCUT2D eigenvalue weighted by Crippen LogP contribution is -2.32. The highest BCUT2D eigenvalue weighted by Gasteiger charge is 2.34. The van der Waals surface area contributed by atoms with Crippen molar-refractivity contribution in [3.63, 3.8) is 0 Å². The second-order valence-electron chi connectivity index (χ2n) is 10.8. The van der Waals surface area contributed by atoms with Gasteiger partial charge in [0.2, 0.25) is 0 Å². The van der Waals surface area contributed by atoms with Crippen molar-refractivity contribution in [1.29, 1.82) is 0 Å². The summed E-state index contributed by atoms with van der Waals surface area (Å²) >= 11 is 0. The van der Waals surface area contributed by atoms with Crippen molar-refractivity contribution in [2.75, 3.05) is 0 Å². The lowest BCUT2D eigenvalue weighted by molar-refractivity contribution is 0.0523. The predicted octanol–water partition coefficient (Wildman–Crippen LogP) is 6.59. The summed E-state index contributed by atoms with van der Waals surface area (Å²) in [6.45, 7) is 7.54. The molecular formula is C28H35FN2O3. The third-order valence-corrected chi connectivity index (χ3v) is 6.74. The van der Waals surface area contributed by atoms with Crippen LogP contribution in [0.25, 0.3) is 0 Å². The van der Waals surface area contributed by atoms with Crippen LogP contribution in [-0.2, 0) is 11.3 Å². The molecule has 6 heteroatoms. The molecule has 0 saturated heterocycles. The van der Waals surface area contributed by atoms with E-state index in [4.69, 9.17) is 9.72 Å². The van der Waals surface area contributed by atoms with Gasteiger partial charge in [0.1, 0.15) is 17.1 Å². The summed E-state index contributed by atoms with van der Waals surface area (Å²) in [6.07, 6.45) is 4.74. The highest BCUT2D eigenvalue weighted by atomic mass is 19.1. The molecule has 2 saturated carbocycles. The summed E-state index contributed by atoms with van der Waals surface area (Å²) < 4.78 is 19.7. The number of carbonyl (C=O) groups excluding carboxylic acids is 2. The third-order valence-electron chi connectivity index (χ3n) is 6.74. The Morgan fingerprint density at radius 3 is 2.24 bits per heavy atom. The molecule has 2 aliphatic rings. The molecule has 1 aromatic heterocycles. The maximum absolute atomic E-state index is 14.5. The monoisotopic (exact) mass is 466 g/mol. The Morgan fingerprint density at radius 2 is 1.62 bits per heavy atom. The number of benzene rings is 1. The summed E-state index contributed by atoms with van der Waals surface area (Å²) in [5, 5.41) is 2.73. The van der Waals surface area contributed by atoms with Crippen LogP contribution in [0.3, 0.4) is 0 Å². The van der Waals surface area contributed by atoms with Gasteiger partial charge in [-0.25, -0.2) is 14.2 Å². The summed E-state index contributed by atoms with van der Waals surface area (Å²) in [4.78, 5) is 30.3. The third kappa shape index (κ3) is 6.02. The van der Waals surface area contributed by atoms with E-state index in [1.807, 2.05) is 52.0 Å². The first-order chi connectivity index (χ1) is 16.1. The number of hydrogen-bond acceptors (Lipinski definition) is 4. The lowest BCUT2D eigenvalue weighted by atomic mass is 9.76. The van der Waals surface area contributed by atoms with E-state index in [1.165, 1.54) is 0 Å². The number of ether oxygens (including phenoxy) is 1. The van der Waals surface area contributed by atoms with E-state index in [1.54, 1.807) is 6.07 Å². The van der Waals surface area contributed by atoms with Crippen molar-refractivity contribution in [2.24, 2.45) is 5.92 Å². The Labute approximate surface area is 201 Å². The molecule has 1 aromatic carbocycles. The van der Waals surface area contributed by atoms with Crippen LogP contribution in [0.5, 0.6) is 0 Å². The van der Waals surface area contributed by atoms with Crippen molar-refractivity contribution in [2.45, 2.75) is 90.2 Å². The number of nitrogens with zero attached hydrogens (tertiary/aromatic N) is 1. The highest BCUT2D eigenvalue weighted by molar-refractivity contribution is 5.97. The minimum Gasteiger partial charge on any atom is -0.444 e. The second-order valence-corrected chi connectivity index (χ2v) is 10.8. The molecule has 4 rings (SSSR count). The van der Waals surface area contributed by atoms with Crippen LogP contribution in [0, 0.1) is 18.7 Å². The quantitative estimate of drug-likeness (QED) is 0.488. The van der Waals surface area contributed by atoms with Crippen LogP contribution in [0.15, 0.2) is 30.3 Å². The molecule has 0 spiro atoms. The second kappa shape index (κ2) is 9.85. The molecular weight excluding hydrogens is 431 g/mol. The average molecular weight is 467 g/mol. The lowest BCUT2D eigenvalue weighted by Gasteiger charge is -2.28. The first-order valence-corrected chi connectivity index (χ1v) is 12.4. The van der Waals surface area contributed by atoms with Crippen LogP contribution in [0.4, 0.5) is 9.18 Å². The number of carbonyl (C=O) groups is 2. The molecule has 0 radical (unpaired) electrons. The first kappa shape index (κ1) is 24.4. The SMILES string of the molecule is Cc1ccc(C2CCC(C(=O)c3nc(CNC(=O)OC(C)(C)C)ccc3C3CC3)CC2)c(F)c1. The van der Waals surface area contributed by atoms with E-state index in [2.05, 4.69) is 5.32 Å². The Kier molecular flexibility index (Phi) is 7.06. The molecule has 2 aromatic rings. The van der Waals surface area contributed by atoms with Crippen molar-refractivity contribution in [1.82, 2.24) is 10.3 Å². The zero-order chi connectivity index (χ0) is 24.5. The molecule has 2 aliphatic carbocycles. The van der Waals surface area contributed by atoms with E-state index in [0.29, 0.717) is 17.3 Å². The molecule has 0 aliphatic heterocycles. The minimum absolute atomic E-state index is 0.0869. The van der Waals surface area contributed by atoms with Gasteiger partial charge >= 0.3 is 6.09 Å². The summed E-state index contributed by atoms with van der Waals surface area (Å²) in [7, 11) is 0. The van der Waals surface area contributed by atoms with Crippen LogP contribution < -0.4 is 5.32 Å². The number of pyridine rings is 1. The Bertz CT molecular complexity index is 1060. The van der Waals surface area contributed by atoms with E-state index in [-0.39, 0.29) is 30.0 Å². The predicted molar refractivity (Wildman–Crippen MR) is 129 cm³/mol. The topological polar surface area (TPSA) is 68.3 Å². The molecule has 1 N–H and O–H groups in total. The normalized spacial score (nSPS) is 20.6. The number of hydrogen-bond donors (Lipinski definition) is 1. The van der Waals surface area contributed by atoms with Gasteiger partial charge in [0, 0.05) is 5.92 Å². The number of halogens is 1. The number of nitrogens with one attached hydrogen (secondary N) is 1. The van der Waals surface area contributed by atoms with E-state index in [9.17, 15) is 14.0 Å². The average Bonchev–Trinajstić information content (AvgIpc) is 3.61. The Hall–Kier alpha value is -2.76. The maximum Gasteiger partial charge on any atom is 0.407 e. The van der Waals surface area contributed by atoms with Crippen LogP contribution in [-0.4, -0.2) is 22.5 Å². The number of Topliss-reactive ketones (excluding diaryl/α,β-unsaturated/α-hetero) is 1. The van der Waals surface area contributed by atoms with Crippen molar-refractivity contribution < 1.29 is 18.7 Å². The molecule has 1 amide bonds. The van der Waals surface area contributed by atoms with Gasteiger partial charge in [-0.1, -0.05) is 18.2 Å². The largest absolute Gasteiger partial charge is 0.444 e. The van der Waals surface area contributed by atoms with Gasteiger partial charge in [-0.15, -0.1) is 0 Å². The summed E-state index contributed by atoms with van der Waals surface area (Å²) in [5.74, 6) is 0.410. The van der Waals surface area contributed by atoms with E-state index in [0.717, 1.165) is 55.2 Å². The van der Waals surface area contributed by atoms with Crippen molar-refractivity contribution in [3.05, 3.63) is 64.2 Å². The Balaban J connectivity index is 1.43. The van der Waals surface area contributed by atoms with Crippen LogP contribution in [0.1, 0.15) is 104 Å². The minimum atomic E-state index is -0.575. The zero-order valence-electron chi connectivity index (χ0n) is 20.6. The highest BCUT2D eigenvalue weighted by Crippen LogP contribution is 2.43. The Morgan fingerprint density at radius 1 is 1.00 bits per heavy atom. The number of alkyl carbamates (subject to hydrolysis) is 1.